The molecule has 0 spiro atoms. The first-order valence-corrected chi connectivity index (χ1v) is 13.1. The molecular weight excluding hydrogens is 444 g/mol. The van der Waals surface area contributed by atoms with Crippen molar-refractivity contribution in [2.24, 2.45) is 0 Å². The first-order valence-electron chi connectivity index (χ1n) is 11.2. The van der Waals surface area contributed by atoms with E-state index in [1.54, 1.807) is 17.2 Å². The molecule has 5 heterocycles. The molecular formula is C21H28N8O3S. The van der Waals surface area contributed by atoms with Crippen LogP contribution in [0, 0.1) is 0 Å². The molecule has 0 saturated carbocycles. The first kappa shape index (κ1) is 21.8. The Balaban J connectivity index is 1.44. The van der Waals surface area contributed by atoms with Crippen LogP contribution in [0.5, 0.6) is 0 Å². The first-order chi connectivity index (χ1) is 15.9. The molecule has 5 rings (SSSR count). The second-order valence-corrected chi connectivity index (χ2v) is 10.6. The second kappa shape index (κ2) is 8.75. The van der Waals surface area contributed by atoms with Crippen molar-refractivity contribution >= 4 is 39.2 Å². The summed E-state index contributed by atoms with van der Waals surface area (Å²) in [6.45, 7) is 3.91. The number of amides is 2. The van der Waals surface area contributed by atoms with Crippen LogP contribution in [0.2, 0.25) is 0 Å². The van der Waals surface area contributed by atoms with Gasteiger partial charge in [0.25, 0.3) is 0 Å². The number of carbonyl (C=O) groups is 1. The molecule has 2 aromatic rings. The average Bonchev–Trinajstić information content (AvgIpc) is 3.06. The summed E-state index contributed by atoms with van der Waals surface area (Å²) in [5.74, 6) is 1.84. The van der Waals surface area contributed by atoms with Crippen molar-refractivity contribution in [2.45, 2.75) is 25.3 Å². The molecule has 0 aromatic carbocycles. The molecule has 3 aliphatic heterocycles. The fourth-order valence-electron chi connectivity index (χ4n) is 4.84. The minimum atomic E-state index is -3.22. The van der Waals surface area contributed by atoms with Crippen LogP contribution in [0.15, 0.2) is 30.7 Å². The van der Waals surface area contributed by atoms with Gasteiger partial charge in [0.2, 0.25) is 10.0 Å². The van der Waals surface area contributed by atoms with Crippen LogP contribution in [-0.2, 0) is 10.0 Å². The molecule has 176 valence electrons. The molecule has 0 aliphatic carbocycles. The molecule has 2 amide bonds. The van der Waals surface area contributed by atoms with Gasteiger partial charge >= 0.3 is 6.03 Å². The van der Waals surface area contributed by atoms with Crippen molar-refractivity contribution in [1.82, 2.24) is 19.3 Å². The normalized spacial score (nSPS) is 21.4. The maximum absolute atomic E-state index is 13.3. The van der Waals surface area contributed by atoms with E-state index in [1.165, 1.54) is 16.9 Å². The van der Waals surface area contributed by atoms with Crippen LogP contribution < -0.4 is 20.0 Å². The van der Waals surface area contributed by atoms with Crippen LogP contribution >= 0.6 is 0 Å². The molecule has 1 N–H and O–H groups in total. The Bertz CT molecular complexity index is 1130. The summed E-state index contributed by atoms with van der Waals surface area (Å²) in [4.78, 5) is 32.5. The predicted molar refractivity (Wildman–Crippen MR) is 126 cm³/mol. The average molecular weight is 473 g/mol. The van der Waals surface area contributed by atoms with E-state index in [-0.39, 0.29) is 12.1 Å². The number of rotatable bonds is 3. The fraction of sp³-hybridized carbons (Fsp3) is 0.524. The van der Waals surface area contributed by atoms with E-state index in [9.17, 15) is 13.2 Å². The Morgan fingerprint density at radius 3 is 2.70 bits per heavy atom. The van der Waals surface area contributed by atoms with Crippen LogP contribution in [0.4, 0.5) is 27.9 Å². The zero-order valence-corrected chi connectivity index (χ0v) is 19.4. The Labute approximate surface area is 193 Å². The highest BCUT2D eigenvalue weighted by atomic mass is 32.2. The number of hydrogen-bond acceptors (Lipinski definition) is 8. The summed E-state index contributed by atoms with van der Waals surface area (Å²) in [5, 5.41) is 2.88. The van der Waals surface area contributed by atoms with Gasteiger partial charge in [0, 0.05) is 45.5 Å². The van der Waals surface area contributed by atoms with E-state index >= 15 is 0 Å². The number of nitrogens with one attached hydrogen (secondary N) is 1. The van der Waals surface area contributed by atoms with E-state index in [0.29, 0.717) is 37.8 Å². The molecule has 11 nitrogen and oxygen atoms in total. The SMILES string of the molecule is CS(=O)(=O)N1CCCN(c2ccc3c(n2)N(C(=O)Nc2ccncn2)[C@H]2CCCN3C2)CC1. The second-order valence-electron chi connectivity index (χ2n) is 8.65. The van der Waals surface area contributed by atoms with Crippen LogP contribution in [0.25, 0.3) is 0 Å². The maximum Gasteiger partial charge on any atom is 0.329 e. The van der Waals surface area contributed by atoms with Crippen LogP contribution in [0.1, 0.15) is 19.3 Å². The highest BCUT2D eigenvalue weighted by molar-refractivity contribution is 7.88. The van der Waals surface area contributed by atoms with Gasteiger partial charge < -0.3 is 9.80 Å². The number of fused-ring (bicyclic) bond motifs is 4. The summed E-state index contributed by atoms with van der Waals surface area (Å²) in [6.07, 6.45) is 6.88. The zero-order chi connectivity index (χ0) is 23.0. The number of pyridine rings is 1. The van der Waals surface area contributed by atoms with E-state index in [0.717, 1.165) is 43.9 Å². The summed E-state index contributed by atoms with van der Waals surface area (Å²) in [6, 6.07) is 5.43. The molecule has 0 radical (unpaired) electrons. The van der Waals surface area contributed by atoms with Gasteiger partial charge in [0.1, 0.15) is 18.0 Å². The molecule has 0 unspecified atom stereocenters. The summed E-state index contributed by atoms with van der Waals surface area (Å²) >= 11 is 0. The lowest BCUT2D eigenvalue weighted by atomic mass is 10.00. The molecule has 2 bridgehead atoms. The smallest absolute Gasteiger partial charge is 0.329 e. The molecule has 1 atom stereocenters. The number of urea groups is 1. The van der Waals surface area contributed by atoms with Gasteiger partial charge in [-0.1, -0.05) is 0 Å². The Hall–Kier alpha value is -2.99. The molecule has 2 fully saturated rings. The number of sulfonamides is 1. The molecule has 12 heteroatoms. The lowest BCUT2D eigenvalue weighted by Gasteiger charge is -2.46. The molecule has 3 aliphatic rings. The van der Waals surface area contributed by atoms with Crippen molar-refractivity contribution in [3.63, 3.8) is 0 Å². The van der Waals surface area contributed by atoms with Crippen molar-refractivity contribution in [3.05, 3.63) is 30.7 Å². The molecule has 2 saturated heterocycles. The fourth-order valence-corrected chi connectivity index (χ4v) is 5.71. The minimum absolute atomic E-state index is 0.0284. The van der Waals surface area contributed by atoms with Gasteiger partial charge in [0.05, 0.1) is 18.0 Å². The number of hydrogen-bond donors (Lipinski definition) is 1. The van der Waals surface area contributed by atoms with Gasteiger partial charge in [0.15, 0.2) is 5.82 Å². The van der Waals surface area contributed by atoms with Gasteiger partial charge in [-0.25, -0.2) is 32.5 Å². The van der Waals surface area contributed by atoms with Gasteiger partial charge in [-0.2, -0.15) is 0 Å². The Morgan fingerprint density at radius 1 is 1.06 bits per heavy atom. The van der Waals surface area contributed by atoms with Crippen molar-refractivity contribution in [1.29, 1.82) is 0 Å². The number of carbonyl (C=O) groups excluding carboxylic acids is 1. The van der Waals surface area contributed by atoms with E-state index in [1.807, 2.05) is 12.1 Å². The summed E-state index contributed by atoms with van der Waals surface area (Å²) in [7, 11) is -3.22. The van der Waals surface area contributed by atoms with Gasteiger partial charge in [-0.3, -0.25) is 10.2 Å². The highest BCUT2D eigenvalue weighted by Gasteiger charge is 2.38. The largest absolute Gasteiger partial charge is 0.366 e. The lowest BCUT2D eigenvalue weighted by molar-refractivity contribution is 0.252. The van der Waals surface area contributed by atoms with Crippen LogP contribution in [0.3, 0.4) is 0 Å². The number of anilines is 4. The van der Waals surface area contributed by atoms with Crippen LogP contribution in [-0.4, -0.2) is 85.3 Å². The lowest BCUT2D eigenvalue weighted by Crippen LogP contribution is -2.56. The van der Waals surface area contributed by atoms with E-state index in [2.05, 4.69) is 25.1 Å². The Kier molecular flexibility index (Phi) is 5.79. The third kappa shape index (κ3) is 4.44. The molecule has 33 heavy (non-hydrogen) atoms. The Morgan fingerprint density at radius 2 is 1.91 bits per heavy atom. The van der Waals surface area contributed by atoms with E-state index in [4.69, 9.17) is 4.98 Å². The standard InChI is InChI=1S/C21H28N8O3S/c1-33(31,32)28-11-3-10-26(12-13-28)19-6-5-17-20(25-19)29(16-4-2-9-27(17)14-16)21(30)24-18-7-8-22-15-23-18/h5-8,15-16H,2-4,9-14H2,1H3,(H,22,23,24,30)/t16-/m0/s1. The highest BCUT2D eigenvalue weighted by Crippen LogP contribution is 2.39. The predicted octanol–water partition coefficient (Wildman–Crippen LogP) is 1.36. The number of nitrogens with zero attached hydrogens (tertiary/aromatic N) is 7. The van der Waals surface area contributed by atoms with Crippen molar-refractivity contribution < 1.29 is 13.2 Å². The number of aromatic nitrogens is 3. The van der Waals surface area contributed by atoms with Crippen molar-refractivity contribution in [3.8, 4) is 0 Å². The quantitative estimate of drug-likeness (QED) is 0.712. The van der Waals surface area contributed by atoms with Gasteiger partial charge in [-0.05, 0) is 37.5 Å². The monoisotopic (exact) mass is 472 g/mol. The maximum atomic E-state index is 13.3. The summed E-state index contributed by atoms with van der Waals surface area (Å²) in [5.41, 5.74) is 0.945. The van der Waals surface area contributed by atoms with Gasteiger partial charge in [-0.15, -0.1) is 0 Å². The third-order valence-electron chi connectivity index (χ3n) is 6.45. The number of piperidine rings is 1. The zero-order valence-electron chi connectivity index (χ0n) is 18.6. The van der Waals surface area contributed by atoms with E-state index < -0.39 is 10.0 Å². The van der Waals surface area contributed by atoms with Crippen molar-refractivity contribution in [2.75, 3.05) is 65.5 Å². The summed E-state index contributed by atoms with van der Waals surface area (Å²) < 4.78 is 25.5. The molecule has 2 aromatic heterocycles. The third-order valence-corrected chi connectivity index (χ3v) is 7.76. The topological polar surface area (TPSA) is 115 Å². The minimum Gasteiger partial charge on any atom is -0.366 e.